The third-order valence-electron chi connectivity index (χ3n) is 4.40. The first-order valence-corrected chi connectivity index (χ1v) is 10.0. The lowest BCUT2D eigenvalue weighted by Gasteiger charge is -2.28. The molecule has 0 unspecified atom stereocenters. The zero-order valence-corrected chi connectivity index (χ0v) is 16.2. The molecule has 0 aromatic heterocycles. The molecule has 0 bridgehead atoms. The van der Waals surface area contributed by atoms with E-state index in [4.69, 9.17) is 11.6 Å². The van der Waals surface area contributed by atoms with Crippen molar-refractivity contribution in [2.75, 3.05) is 23.4 Å². The van der Waals surface area contributed by atoms with Crippen LogP contribution in [0, 0.1) is 6.92 Å². The first-order chi connectivity index (χ1) is 12.5. The monoisotopic (exact) mass is 388 g/mol. The largest absolute Gasteiger partial charge is 0.337 e. The summed E-state index contributed by atoms with van der Waals surface area (Å²) in [6, 6.07) is 13.6. The molecule has 0 radical (unpaired) electrons. The predicted molar refractivity (Wildman–Crippen MR) is 108 cm³/mol. The van der Waals surface area contributed by atoms with Gasteiger partial charge in [-0.2, -0.15) is 0 Å². The zero-order chi connectivity index (χ0) is 18.5. The highest BCUT2D eigenvalue weighted by Crippen LogP contribution is 2.21. The van der Waals surface area contributed by atoms with Crippen molar-refractivity contribution < 1.29 is 9.59 Å². The number of anilines is 1. The van der Waals surface area contributed by atoms with Crippen LogP contribution >= 0.6 is 23.4 Å². The fourth-order valence-corrected chi connectivity index (χ4v) is 3.93. The number of nitrogens with one attached hydrogen (secondary N) is 1. The molecular weight excluding hydrogens is 368 g/mol. The second kappa shape index (κ2) is 8.60. The lowest BCUT2D eigenvalue weighted by Crippen LogP contribution is -2.37. The number of aryl methyl sites for hydroxylation is 1. The summed E-state index contributed by atoms with van der Waals surface area (Å²) >= 11 is 7.26. The van der Waals surface area contributed by atoms with Crippen LogP contribution in [0.5, 0.6) is 0 Å². The van der Waals surface area contributed by atoms with E-state index in [1.165, 1.54) is 22.9 Å². The molecule has 1 heterocycles. The normalized spacial score (nSPS) is 13.2. The average Bonchev–Trinajstić information content (AvgIpc) is 2.63. The standard InChI is InChI=1S/C20H21ClN2O2S/c1-14-10-17(21)6-7-18(14)22-19(24)12-26-13-20(25)23-9-8-15-4-2-3-5-16(15)11-23/h2-7,10H,8-9,11-13H2,1H3,(H,22,24). The molecule has 0 atom stereocenters. The SMILES string of the molecule is Cc1cc(Cl)ccc1NC(=O)CSCC(=O)N1CCc2ccccc2C1. The van der Waals surface area contributed by atoms with Gasteiger partial charge in [-0.15, -0.1) is 11.8 Å². The summed E-state index contributed by atoms with van der Waals surface area (Å²) in [6.45, 7) is 3.30. The lowest BCUT2D eigenvalue weighted by molar-refractivity contribution is -0.129. The Kier molecular flexibility index (Phi) is 6.22. The van der Waals surface area contributed by atoms with E-state index in [1.54, 1.807) is 12.1 Å². The van der Waals surface area contributed by atoms with Gasteiger partial charge in [0.1, 0.15) is 0 Å². The molecule has 0 saturated carbocycles. The maximum absolute atomic E-state index is 12.4. The fraction of sp³-hybridized carbons (Fsp3) is 0.300. The van der Waals surface area contributed by atoms with Crippen LogP contribution in [0.3, 0.4) is 0 Å². The topological polar surface area (TPSA) is 49.4 Å². The summed E-state index contributed by atoms with van der Waals surface area (Å²) in [6.07, 6.45) is 0.892. The molecular formula is C20H21ClN2O2S. The molecule has 1 N–H and O–H groups in total. The summed E-state index contributed by atoms with van der Waals surface area (Å²) in [7, 11) is 0. The number of rotatable bonds is 5. The molecule has 136 valence electrons. The Balaban J connectivity index is 1.44. The molecule has 1 aliphatic heterocycles. The highest BCUT2D eigenvalue weighted by Gasteiger charge is 2.20. The summed E-state index contributed by atoms with van der Waals surface area (Å²) in [5.74, 6) is 0.533. The first kappa shape index (κ1) is 18.8. The van der Waals surface area contributed by atoms with Crippen molar-refractivity contribution in [1.29, 1.82) is 0 Å². The summed E-state index contributed by atoms with van der Waals surface area (Å²) in [5, 5.41) is 3.50. The smallest absolute Gasteiger partial charge is 0.234 e. The minimum atomic E-state index is -0.114. The van der Waals surface area contributed by atoms with Gasteiger partial charge in [-0.25, -0.2) is 0 Å². The molecule has 1 aliphatic rings. The lowest BCUT2D eigenvalue weighted by atomic mass is 10.00. The van der Waals surface area contributed by atoms with Crippen LogP contribution in [-0.4, -0.2) is 34.8 Å². The molecule has 2 amide bonds. The molecule has 2 aromatic rings. The van der Waals surface area contributed by atoms with Crippen LogP contribution in [0.25, 0.3) is 0 Å². The van der Waals surface area contributed by atoms with Gasteiger partial charge in [0.05, 0.1) is 11.5 Å². The highest BCUT2D eigenvalue weighted by molar-refractivity contribution is 8.00. The highest BCUT2D eigenvalue weighted by atomic mass is 35.5. The molecule has 0 aliphatic carbocycles. The van der Waals surface area contributed by atoms with Crippen LogP contribution in [0.1, 0.15) is 16.7 Å². The zero-order valence-electron chi connectivity index (χ0n) is 14.6. The number of fused-ring (bicyclic) bond motifs is 1. The van der Waals surface area contributed by atoms with Gasteiger partial charge >= 0.3 is 0 Å². The maximum Gasteiger partial charge on any atom is 0.234 e. The van der Waals surface area contributed by atoms with E-state index in [0.29, 0.717) is 17.3 Å². The number of nitrogens with zero attached hydrogens (tertiary/aromatic N) is 1. The summed E-state index contributed by atoms with van der Waals surface area (Å²) in [4.78, 5) is 26.4. The van der Waals surface area contributed by atoms with Gasteiger partial charge < -0.3 is 10.2 Å². The van der Waals surface area contributed by atoms with Gasteiger partial charge in [0, 0.05) is 23.8 Å². The molecule has 0 spiro atoms. The number of carbonyl (C=O) groups excluding carboxylic acids is 2. The van der Waals surface area contributed by atoms with Crippen LogP contribution < -0.4 is 5.32 Å². The van der Waals surface area contributed by atoms with Crippen molar-refractivity contribution in [3.63, 3.8) is 0 Å². The van der Waals surface area contributed by atoms with Crippen LogP contribution in [0.2, 0.25) is 5.02 Å². The van der Waals surface area contributed by atoms with E-state index >= 15 is 0 Å². The number of hydrogen-bond donors (Lipinski definition) is 1. The maximum atomic E-state index is 12.4. The van der Waals surface area contributed by atoms with Crippen molar-refractivity contribution in [1.82, 2.24) is 4.90 Å². The number of carbonyl (C=O) groups is 2. The minimum absolute atomic E-state index is 0.0833. The Labute approximate surface area is 162 Å². The number of thioether (sulfide) groups is 1. The van der Waals surface area contributed by atoms with Crippen LogP contribution in [0.4, 0.5) is 5.69 Å². The predicted octanol–water partition coefficient (Wildman–Crippen LogP) is 3.91. The molecule has 4 nitrogen and oxygen atoms in total. The van der Waals surface area contributed by atoms with E-state index < -0.39 is 0 Å². The first-order valence-electron chi connectivity index (χ1n) is 8.51. The summed E-state index contributed by atoms with van der Waals surface area (Å²) in [5.41, 5.74) is 4.20. The Morgan fingerprint density at radius 1 is 1.15 bits per heavy atom. The third kappa shape index (κ3) is 4.80. The Morgan fingerprint density at radius 3 is 2.69 bits per heavy atom. The fourth-order valence-electron chi connectivity index (χ4n) is 2.98. The van der Waals surface area contributed by atoms with Gasteiger partial charge in [0.25, 0.3) is 0 Å². The van der Waals surface area contributed by atoms with Gasteiger partial charge in [0.15, 0.2) is 0 Å². The van der Waals surface area contributed by atoms with Crippen molar-refractivity contribution in [3.8, 4) is 0 Å². The van der Waals surface area contributed by atoms with E-state index in [2.05, 4.69) is 17.4 Å². The van der Waals surface area contributed by atoms with Crippen molar-refractivity contribution in [3.05, 3.63) is 64.2 Å². The molecule has 0 fully saturated rings. The second-order valence-electron chi connectivity index (χ2n) is 6.33. The third-order valence-corrected chi connectivity index (χ3v) is 5.56. The van der Waals surface area contributed by atoms with Crippen molar-refractivity contribution >= 4 is 40.9 Å². The van der Waals surface area contributed by atoms with E-state index in [0.717, 1.165) is 24.2 Å². The van der Waals surface area contributed by atoms with Gasteiger partial charge in [-0.3, -0.25) is 9.59 Å². The quantitative estimate of drug-likeness (QED) is 0.844. The van der Waals surface area contributed by atoms with E-state index in [9.17, 15) is 9.59 Å². The van der Waals surface area contributed by atoms with Gasteiger partial charge in [0.2, 0.25) is 11.8 Å². The molecule has 3 rings (SSSR count). The van der Waals surface area contributed by atoms with Crippen molar-refractivity contribution in [2.24, 2.45) is 0 Å². The van der Waals surface area contributed by atoms with Crippen molar-refractivity contribution in [2.45, 2.75) is 19.9 Å². The minimum Gasteiger partial charge on any atom is -0.337 e. The molecule has 0 saturated heterocycles. The van der Waals surface area contributed by atoms with Crippen LogP contribution in [-0.2, 0) is 22.6 Å². The van der Waals surface area contributed by atoms with E-state index in [1.807, 2.05) is 30.0 Å². The number of halogens is 1. The average molecular weight is 389 g/mol. The molecule has 2 aromatic carbocycles. The Hall–Kier alpha value is -1.98. The second-order valence-corrected chi connectivity index (χ2v) is 7.76. The summed E-state index contributed by atoms with van der Waals surface area (Å²) < 4.78 is 0. The number of amides is 2. The molecule has 26 heavy (non-hydrogen) atoms. The molecule has 6 heteroatoms. The number of benzene rings is 2. The van der Waals surface area contributed by atoms with E-state index in [-0.39, 0.29) is 17.6 Å². The Bertz CT molecular complexity index is 825. The number of hydrogen-bond acceptors (Lipinski definition) is 3. The van der Waals surface area contributed by atoms with Gasteiger partial charge in [-0.05, 0) is 48.2 Å². The van der Waals surface area contributed by atoms with Crippen LogP contribution in [0.15, 0.2) is 42.5 Å². The van der Waals surface area contributed by atoms with Gasteiger partial charge in [-0.1, -0.05) is 35.9 Å². The Morgan fingerprint density at radius 2 is 1.92 bits per heavy atom.